The second-order valence-electron chi connectivity index (χ2n) is 3.96. The quantitative estimate of drug-likeness (QED) is 0.779. The molecule has 17 heavy (non-hydrogen) atoms. The van der Waals surface area contributed by atoms with E-state index in [2.05, 4.69) is 5.32 Å². The molecule has 1 aromatic heterocycles. The monoisotopic (exact) mass is 230 g/mol. The molecule has 0 fully saturated rings. The average Bonchev–Trinajstić information content (AvgIpc) is 2.70. The van der Waals surface area contributed by atoms with Crippen molar-refractivity contribution in [3.05, 3.63) is 47.4 Å². The summed E-state index contributed by atoms with van der Waals surface area (Å²) in [4.78, 5) is 11.9. The minimum atomic E-state index is -0.263. The van der Waals surface area contributed by atoms with Gasteiger partial charge >= 0.3 is 0 Å². The molecule has 0 saturated carbocycles. The summed E-state index contributed by atoms with van der Waals surface area (Å²) < 4.78 is 5.13. The maximum atomic E-state index is 11.9. The van der Waals surface area contributed by atoms with Crippen molar-refractivity contribution in [2.45, 2.75) is 13.8 Å². The zero-order chi connectivity index (χ0) is 12.4. The number of carbonyl (C=O) groups is 1. The molecule has 1 heterocycles. The predicted octanol–water partition coefficient (Wildman–Crippen LogP) is 2.73. The third kappa shape index (κ3) is 2.30. The van der Waals surface area contributed by atoms with E-state index in [9.17, 15) is 4.79 Å². The maximum Gasteiger partial charge on any atom is 0.291 e. The van der Waals surface area contributed by atoms with Crippen molar-refractivity contribution < 1.29 is 9.21 Å². The average molecular weight is 230 g/mol. The number of amides is 1. The highest BCUT2D eigenvalue weighted by Gasteiger charge is 2.13. The number of hydrogen-bond donors (Lipinski definition) is 2. The van der Waals surface area contributed by atoms with Gasteiger partial charge in [0.2, 0.25) is 0 Å². The van der Waals surface area contributed by atoms with Crippen molar-refractivity contribution in [2.75, 3.05) is 11.1 Å². The lowest BCUT2D eigenvalue weighted by atomic mass is 10.1. The van der Waals surface area contributed by atoms with Crippen LogP contribution in [0.5, 0.6) is 0 Å². The Kier molecular flexibility index (Phi) is 2.87. The topological polar surface area (TPSA) is 68.3 Å². The van der Waals surface area contributed by atoms with E-state index in [1.807, 2.05) is 19.9 Å². The zero-order valence-corrected chi connectivity index (χ0v) is 9.78. The van der Waals surface area contributed by atoms with E-state index in [0.29, 0.717) is 17.1 Å². The van der Waals surface area contributed by atoms with Crippen molar-refractivity contribution in [1.82, 2.24) is 0 Å². The number of furan rings is 1. The lowest BCUT2D eigenvalue weighted by molar-refractivity contribution is 0.0996. The number of aryl methyl sites for hydroxylation is 2. The molecule has 1 amide bonds. The number of carbonyl (C=O) groups excluding carboxylic acids is 1. The standard InChI is InChI=1S/C13H14N2O2/c1-8-3-4-10(14)7-11(8)15-13(16)12-9(2)5-6-17-12/h3-7H,14H2,1-2H3,(H,15,16). The highest BCUT2D eigenvalue weighted by Crippen LogP contribution is 2.19. The first-order valence-corrected chi connectivity index (χ1v) is 5.29. The van der Waals surface area contributed by atoms with Gasteiger partial charge < -0.3 is 15.5 Å². The highest BCUT2D eigenvalue weighted by atomic mass is 16.3. The Morgan fingerprint density at radius 1 is 1.24 bits per heavy atom. The largest absolute Gasteiger partial charge is 0.459 e. The summed E-state index contributed by atoms with van der Waals surface area (Å²) in [5.74, 6) is 0.0630. The molecule has 3 N–H and O–H groups in total. The first-order valence-electron chi connectivity index (χ1n) is 5.29. The number of anilines is 2. The third-order valence-corrected chi connectivity index (χ3v) is 2.58. The van der Waals surface area contributed by atoms with Crippen LogP contribution >= 0.6 is 0 Å². The van der Waals surface area contributed by atoms with Crippen molar-refractivity contribution in [3.8, 4) is 0 Å². The summed E-state index contributed by atoms with van der Waals surface area (Å²) in [6.07, 6.45) is 1.50. The van der Waals surface area contributed by atoms with E-state index in [1.165, 1.54) is 6.26 Å². The Morgan fingerprint density at radius 3 is 2.65 bits per heavy atom. The van der Waals surface area contributed by atoms with Gasteiger partial charge in [0.15, 0.2) is 5.76 Å². The Labute approximate surface area is 99.4 Å². The molecule has 0 bridgehead atoms. The minimum Gasteiger partial charge on any atom is -0.459 e. The van der Waals surface area contributed by atoms with Crippen LogP contribution < -0.4 is 11.1 Å². The van der Waals surface area contributed by atoms with E-state index < -0.39 is 0 Å². The normalized spacial score (nSPS) is 10.2. The second kappa shape index (κ2) is 4.33. The molecule has 0 aliphatic heterocycles. The van der Waals surface area contributed by atoms with Crippen LogP contribution in [0.2, 0.25) is 0 Å². The van der Waals surface area contributed by atoms with Gasteiger partial charge in [0.1, 0.15) is 0 Å². The van der Waals surface area contributed by atoms with Crippen molar-refractivity contribution in [2.24, 2.45) is 0 Å². The van der Waals surface area contributed by atoms with Gasteiger partial charge in [-0.25, -0.2) is 0 Å². The van der Waals surface area contributed by atoms with Gasteiger partial charge in [0, 0.05) is 16.9 Å². The molecule has 0 spiro atoms. The van der Waals surface area contributed by atoms with Crippen LogP contribution in [0.15, 0.2) is 34.9 Å². The molecule has 0 atom stereocenters. The van der Waals surface area contributed by atoms with Gasteiger partial charge in [-0.15, -0.1) is 0 Å². The third-order valence-electron chi connectivity index (χ3n) is 2.58. The summed E-state index contributed by atoms with van der Waals surface area (Å²) in [7, 11) is 0. The number of hydrogen-bond acceptors (Lipinski definition) is 3. The number of nitrogens with one attached hydrogen (secondary N) is 1. The first-order chi connectivity index (χ1) is 8.08. The van der Waals surface area contributed by atoms with Crippen LogP contribution in [0.3, 0.4) is 0 Å². The van der Waals surface area contributed by atoms with Crippen LogP contribution in [-0.4, -0.2) is 5.91 Å². The van der Waals surface area contributed by atoms with Crippen LogP contribution in [0.4, 0.5) is 11.4 Å². The Morgan fingerprint density at radius 2 is 2.00 bits per heavy atom. The smallest absolute Gasteiger partial charge is 0.291 e. The first kappa shape index (κ1) is 11.3. The Balaban J connectivity index is 2.24. The molecule has 4 heteroatoms. The molecule has 0 unspecified atom stereocenters. The predicted molar refractivity (Wildman–Crippen MR) is 67.0 cm³/mol. The molecule has 2 rings (SSSR count). The molecule has 0 saturated heterocycles. The van der Waals surface area contributed by atoms with Gasteiger partial charge in [-0.05, 0) is 37.6 Å². The van der Waals surface area contributed by atoms with Crippen LogP contribution in [-0.2, 0) is 0 Å². The summed E-state index contributed by atoms with van der Waals surface area (Å²) >= 11 is 0. The Bertz CT molecular complexity index is 558. The number of nitrogens with two attached hydrogens (primary N) is 1. The van der Waals surface area contributed by atoms with Crippen LogP contribution in [0.1, 0.15) is 21.7 Å². The fourth-order valence-corrected chi connectivity index (χ4v) is 1.56. The van der Waals surface area contributed by atoms with Crippen LogP contribution in [0, 0.1) is 13.8 Å². The second-order valence-corrected chi connectivity index (χ2v) is 3.96. The van der Waals surface area contributed by atoms with E-state index in [-0.39, 0.29) is 5.91 Å². The fourth-order valence-electron chi connectivity index (χ4n) is 1.56. The maximum absolute atomic E-state index is 11.9. The summed E-state index contributed by atoms with van der Waals surface area (Å²) in [5, 5.41) is 2.78. The summed E-state index contributed by atoms with van der Waals surface area (Å²) in [6, 6.07) is 7.13. The number of nitrogen functional groups attached to an aromatic ring is 1. The summed E-state index contributed by atoms with van der Waals surface area (Å²) in [5.41, 5.74) is 8.75. The molecule has 4 nitrogen and oxygen atoms in total. The molecule has 0 aliphatic carbocycles. The highest BCUT2D eigenvalue weighted by molar-refractivity contribution is 6.03. The van der Waals surface area contributed by atoms with Gasteiger partial charge in [-0.3, -0.25) is 4.79 Å². The minimum absolute atomic E-state index is 0.263. The van der Waals surface area contributed by atoms with E-state index in [4.69, 9.17) is 10.2 Å². The molecule has 1 aromatic carbocycles. The molecule has 2 aromatic rings. The molecule has 0 radical (unpaired) electrons. The van der Waals surface area contributed by atoms with Crippen LogP contribution in [0.25, 0.3) is 0 Å². The zero-order valence-electron chi connectivity index (χ0n) is 9.78. The number of rotatable bonds is 2. The van der Waals surface area contributed by atoms with Gasteiger partial charge in [-0.1, -0.05) is 6.07 Å². The number of benzene rings is 1. The van der Waals surface area contributed by atoms with Gasteiger partial charge in [0.25, 0.3) is 5.91 Å². The van der Waals surface area contributed by atoms with E-state index in [1.54, 1.807) is 18.2 Å². The lowest BCUT2D eigenvalue weighted by Crippen LogP contribution is -2.13. The van der Waals surface area contributed by atoms with Crippen molar-refractivity contribution >= 4 is 17.3 Å². The SMILES string of the molecule is Cc1ccc(N)cc1NC(=O)c1occc1C. The van der Waals surface area contributed by atoms with E-state index in [0.717, 1.165) is 11.1 Å². The lowest BCUT2D eigenvalue weighted by Gasteiger charge is -2.08. The molecule has 88 valence electrons. The van der Waals surface area contributed by atoms with Crippen molar-refractivity contribution in [1.29, 1.82) is 0 Å². The summed E-state index contributed by atoms with van der Waals surface area (Å²) in [6.45, 7) is 3.73. The van der Waals surface area contributed by atoms with Gasteiger partial charge in [-0.2, -0.15) is 0 Å². The fraction of sp³-hybridized carbons (Fsp3) is 0.154. The van der Waals surface area contributed by atoms with Crippen molar-refractivity contribution in [3.63, 3.8) is 0 Å². The Hall–Kier alpha value is -2.23. The molecular formula is C13H14N2O2. The molecular weight excluding hydrogens is 216 g/mol. The van der Waals surface area contributed by atoms with E-state index >= 15 is 0 Å². The molecule has 0 aliphatic rings. The van der Waals surface area contributed by atoms with Gasteiger partial charge in [0.05, 0.1) is 6.26 Å².